The van der Waals surface area contributed by atoms with Crippen molar-refractivity contribution < 1.29 is 4.79 Å². The van der Waals surface area contributed by atoms with Gasteiger partial charge in [0, 0.05) is 5.92 Å². The molecule has 0 bridgehead atoms. The van der Waals surface area contributed by atoms with Gasteiger partial charge in [-0.15, -0.1) is 0 Å². The van der Waals surface area contributed by atoms with E-state index in [1.807, 2.05) is 0 Å². The molecule has 0 aromatic heterocycles. The summed E-state index contributed by atoms with van der Waals surface area (Å²) in [5.74, 6) is 0.916. The van der Waals surface area contributed by atoms with E-state index in [1.54, 1.807) is 0 Å². The minimum absolute atomic E-state index is 0.167. The van der Waals surface area contributed by atoms with Gasteiger partial charge < -0.3 is 0 Å². The van der Waals surface area contributed by atoms with Gasteiger partial charge in [-0.2, -0.15) is 0 Å². The molecule has 3 rings (SSSR count). The highest BCUT2D eigenvalue weighted by atomic mass is 28.3. The third-order valence-corrected chi connectivity index (χ3v) is 12.2. The van der Waals surface area contributed by atoms with E-state index in [4.69, 9.17) is 0 Å². The number of rotatable bonds is 6. The summed E-state index contributed by atoms with van der Waals surface area (Å²) in [6.07, 6.45) is 2.53. The van der Waals surface area contributed by atoms with Crippen molar-refractivity contribution in [3.8, 4) is 0 Å². The summed E-state index contributed by atoms with van der Waals surface area (Å²) >= 11 is 0. The maximum Gasteiger partial charge on any atom is 0.158 e. The molecule has 0 amide bonds. The molecule has 0 unspecified atom stereocenters. The zero-order valence-corrected chi connectivity index (χ0v) is 16.5. The van der Waals surface area contributed by atoms with Crippen molar-refractivity contribution in [1.82, 2.24) is 0 Å². The van der Waals surface area contributed by atoms with Crippen LogP contribution in [0.4, 0.5) is 0 Å². The average molecular weight is 349 g/mol. The third-order valence-electron chi connectivity index (χ3n) is 5.87. The van der Waals surface area contributed by atoms with Gasteiger partial charge in [0.1, 0.15) is 8.07 Å². The third kappa shape index (κ3) is 3.28. The van der Waals surface area contributed by atoms with Gasteiger partial charge in [-0.3, -0.25) is 4.79 Å². The lowest BCUT2D eigenvalue weighted by Crippen LogP contribution is -2.64. The molecule has 0 heterocycles. The minimum atomic E-state index is -2.04. The molecule has 130 valence electrons. The Hall–Kier alpha value is -1.93. The summed E-state index contributed by atoms with van der Waals surface area (Å²) in [7, 11) is -2.04. The van der Waals surface area contributed by atoms with Gasteiger partial charge in [0.05, 0.1) is 0 Å². The summed E-state index contributed by atoms with van der Waals surface area (Å²) < 4.78 is 0. The molecule has 2 aromatic carbocycles. The lowest BCUT2D eigenvalue weighted by atomic mass is 10.2. The Kier molecular flexibility index (Phi) is 4.83. The normalized spacial score (nSPS) is 20.1. The van der Waals surface area contributed by atoms with Crippen LogP contribution < -0.4 is 10.4 Å². The van der Waals surface area contributed by atoms with E-state index < -0.39 is 8.07 Å². The van der Waals surface area contributed by atoms with Crippen LogP contribution in [0.15, 0.2) is 73.3 Å². The molecule has 25 heavy (non-hydrogen) atoms. The summed E-state index contributed by atoms with van der Waals surface area (Å²) in [6, 6.07) is 23.2. The van der Waals surface area contributed by atoms with Crippen LogP contribution in [0.3, 0.4) is 0 Å². The van der Waals surface area contributed by atoms with Crippen molar-refractivity contribution in [3.63, 3.8) is 0 Å². The van der Waals surface area contributed by atoms with E-state index in [0.717, 1.165) is 12.5 Å². The molecule has 2 heteroatoms. The zero-order chi connectivity index (χ0) is 18.1. The first-order valence-corrected chi connectivity index (χ1v) is 11.4. The summed E-state index contributed by atoms with van der Waals surface area (Å²) in [4.78, 5) is 12.1. The van der Waals surface area contributed by atoms with Crippen molar-refractivity contribution in [3.05, 3.63) is 73.3 Å². The van der Waals surface area contributed by atoms with E-state index in [9.17, 15) is 4.79 Å². The van der Waals surface area contributed by atoms with Crippen LogP contribution in [0.1, 0.15) is 27.2 Å². The second kappa shape index (κ2) is 6.76. The highest BCUT2D eigenvalue weighted by Crippen LogP contribution is 2.50. The van der Waals surface area contributed by atoms with Gasteiger partial charge in [0.2, 0.25) is 0 Å². The fourth-order valence-corrected chi connectivity index (χ4v) is 10.3. The smallest absolute Gasteiger partial charge is 0.158 e. The predicted molar refractivity (Wildman–Crippen MR) is 109 cm³/mol. The Morgan fingerprint density at radius 1 is 1.04 bits per heavy atom. The van der Waals surface area contributed by atoms with Gasteiger partial charge in [-0.1, -0.05) is 98.4 Å². The topological polar surface area (TPSA) is 17.1 Å². The van der Waals surface area contributed by atoms with E-state index in [-0.39, 0.29) is 16.7 Å². The lowest BCUT2D eigenvalue weighted by Gasteiger charge is -2.44. The molecule has 1 fully saturated rings. The zero-order valence-electron chi connectivity index (χ0n) is 15.5. The van der Waals surface area contributed by atoms with Crippen molar-refractivity contribution >= 4 is 24.2 Å². The molecule has 2 atom stereocenters. The Labute approximate surface area is 152 Å². The van der Waals surface area contributed by atoms with Gasteiger partial charge in [0.25, 0.3) is 0 Å². The quantitative estimate of drug-likeness (QED) is 0.557. The Morgan fingerprint density at radius 3 is 1.92 bits per heavy atom. The first kappa shape index (κ1) is 17.9. The largest absolute Gasteiger partial charge is 0.295 e. The standard InChI is InChI=1S/C23H28OSi/c1-5-22(24)21-16-18(21)17-25(23(2,3)4,19-12-8-6-9-13-19)20-14-10-7-11-15-20/h5-15,18,21H,1,16-17H2,2-4H3/t18-,21+/m1/s1. The SMILES string of the molecule is C=CC(=O)[C@H]1C[C@@H]1C[Si](c1ccccc1)(c1ccccc1)C(C)(C)C. The minimum Gasteiger partial charge on any atom is -0.295 e. The molecular formula is C23H28OSi. The van der Waals surface area contributed by atoms with Gasteiger partial charge in [-0.25, -0.2) is 0 Å². The van der Waals surface area contributed by atoms with Gasteiger partial charge in [-0.05, 0) is 29.5 Å². The summed E-state index contributed by atoms with van der Waals surface area (Å²) in [5.41, 5.74) is 0. The fourth-order valence-electron chi connectivity index (χ4n) is 4.39. The van der Waals surface area contributed by atoms with Crippen molar-refractivity contribution in [2.24, 2.45) is 11.8 Å². The van der Waals surface area contributed by atoms with E-state index >= 15 is 0 Å². The number of hydrogen-bond donors (Lipinski definition) is 0. The van der Waals surface area contributed by atoms with Crippen LogP contribution in [-0.2, 0) is 4.79 Å². The van der Waals surface area contributed by atoms with Crippen molar-refractivity contribution in [2.45, 2.75) is 38.3 Å². The predicted octanol–water partition coefficient (Wildman–Crippen LogP) is 4.44. The Morgan fingerprint density at radius 2 is 1.52 bits per heavy atom. The van der Waals surface area contributed by atoms with E-state index in [2.05, 4.69) is 88.0 Å². The number of allylic oxidation sites excluding steroid dienone is 1. The van der Waals surface area contributed by atoms with Crippen LogP contribution in [0.2, 0.25) is 11.1 Å². The maximum atomic E-state index is 12.1. The van der Waals surface area contributed by atoms with Crippen LogP contribution >= 0.6 is 0 Å². The lowest BCUT2D eigenvalue weighted by molar-refractivity contribution is -0.115. The van der Waals surface area contributed by atoms with Gasteiger partial charge in [0.15, 0.2) is 5.78 Å². The number of carbonyl (C=O) groups is 1. The average Bonchev–Trinajstić information content (AvgIpc) is 3.38. The second-order valence-electron chi connectivity index (χ2n) is 8.30. The number of ketones is 1. The number of carbonyl (C=O) groups excluding carboxylic acids is 1. The van der Waals surface area contributed by atoms with Crippen LogP contribution in [-0.4, -0.2) is 13.9 Å². The monoisotopic (exact) mass is 348 g/mol. The Balaban J connectivity index is 2.10. The van der Waals surface area contributed by atoms with Crippen LogP contribution in [0.25, 0.3) is 0 Å². The molecule has 1 nitrogen and oxygen atoms in total. The van der Waals surface area contributed by atoms with Crippen LogP contribution in [0.5, 0.6) is 0 Å². The fraction of sp³-hybridized carbons (Fsp3) is 0.348. The molecule has 1 aliphatic carbocycles. The summed E-state index contributed by atoms with van der Waals surface area (Å²) in [5, 5.41) is 3.12. The molecule has 1 aliphatic rings. The molecule has 1 saturated carbocycles. The molecule has 0 N–H and O–H groups in total. The van der Waals surface area contributed by atoms with Crippen LogP contribution in [0, 0.1) is 11.8 Å². The highest BCUT2D eigenvalue weighted by Gasteiger charge is 2.53. The molecule has 0 radical (unpaired) electrons. The second-order valence-corrected chi connectivity index (χ2v) is 13.2. The first-order chi connectivity index (χ1) is 11.9. The number of hydrogen-bond acceptors (Lipinski definition) is 1. The first-order valence-electron chi connectivity index (χ1n) is 9.17. The van der Waals surface area contributed by atoms with E-state index in [0.29, 0.717) is 5.92 Å². The summed E-state index contributed by atoms with van der Waals surface area (Å²) in [6.45, 7) is 10.8. The molecule has 0 aliphatic heterocycles. The number of benzene rings is 2. The molecular weight excluding hydrogens is 320 g/mol. The maximum absolute atomic E-state index is 12.1. The van der Waals surface area contributed by atoms with Crippen molar-refractivity contribution in [1.29, 1.82) is 0 Å². The van der Waals surface area contributed by atoms with Gasteiger partial charge >= 0.3 is 0 Å². The Bertz CT molecular complexity index is 703. The van der Waals surface area contributed by atoms with E-state index in [1.165, 1.54) is 16.4 Å². The van der Waals surface area contributed by atoms with Crippen molar-refractivity contribution in [2.75, 3.05) is 0 Å². The molecule has 2 aromatic rings. The highest BCUT2D eigenvalue weighted by molar-refractivity contribution is 7.04. The molecule has 0 saturated heterocycles. The molecule has 0 spiro atoms.